The Labute approximate surface area is 155 Å². The highest BCUT2D eigenvalue weighted by Gasteiger charge is 2.51. The number of carbonyl (C=O) groups excluding carboxylic acids is 3. The maximum atomic E-state index is 12.7. The smallest absolute Gasteiger partial charge is 0.339 e. The molecule has 0 bridgehead atoms. The van der Waals surface area contributed by atoms with E-state index < -0.39 is 40.3 Å². The van der Waals surface area contributed by atoms with Gasteiger partial charge in [0.2, 0.25) is 10.8 Å². The number of carboxylic acids is 1. The molecule has 0 aromatic rings. The number of nitrogens with one attached hydrogen (secondary N) is 2. The van der Waals surface area contributed by atoms with E-state index in [1.807, 2.05) is 0 Å². The van der Waals surface area contributed by atoms with Crippen molar-refractivity contribution in [2.24, 2.45) is 10.8 Å². The van der Waals surface area contributed by atoms with Crippen LogP contribution < -0.4 is 10.6 Å². The lowest BCUT2D eigenvalue weighted by Crippen LogP contribution is -2.47. The molecule has 0 fully saturated rings. The largest absolute Gasteiger partial charge is 0.480 e. The van der Waals surface area contributed by atoms with Crippen molar-refractivity contribution in [3.05, 3.63) is 49.1 Å². The van der Waals surface area contributed by atoms with Gasteiger partial charge in [0.1, 0.15) is 5.60 Å². The second-order valence-electron chi connectivity index (χ2n) is 6.89. The summed E-state index contributed by atoms with van der Waals surface area (Å²) in [5, 5.41) is 14.7. The van der Waals surface area contributed by atoms with Gasteiger partial charge in [-0.25, -0.2) is 9.59 Å². The molecule has 2 rings (SSSR count). The summed E-state index contributed by atoms with van der Waals surface area (Å²) in [6.07, 6.45) is 9.52. The van der Waals surface area contributed by atoms with Crippen LogP contribution in [0.15, 0.2) is 49.1 Å². The lowest BCUT2D eigenvalue weighted by atomic mass is 9.85. The van der Waals surface area contributed by atoms with E-state index in [0.29, 0.717) is 0 Å². The van der Waals surface area contributed by atoms with E-state index in [1.165, 1.54) is 37.0 Å². The number of hydrogen-bond acceptors (Lipinski definition) is 8. The second kappa shape index (κ2) is 7.10. The summed E-state index contributed by atoms with van der Waals surface area (Å²) in [6.45, 7) is 4.86. The minimum absolute atomic E-state index is 0.899. The van der Waals surface area contributed by atoms with Gasteiger partial charge in [0.15, 0.2) is 0 Å². The zero-order chi connectivity index (χ0) is 20.3. The van der Waals surface area contributed by atoms with Crippen molar-refractivity contribution in [1.29, 1.82) is 0 Å². The zero-order valence-electron chi connectivity index (χ0n) is 15.0. The third kappa shape index (κ3) is 3.91. The van der Waals surface area contributed by atoms with Gasteiger partial charge in [0.05, 0.1) is 0 Å². The van der Waals surface area contributed by atoms with Crippen molar-refractivity contribution in [2.45, 2.75) is 26.4 Å². The summed E-state index contributed by atoms with van der Waals surface area (Å²) >= 11 is 0. The van der Waals surface area contributed by atoms with Gasteiger partial charge < -0.3 is 25.2 Å². The first-order chi connectivity index (χ1) is 12.5. The predicted octanol–water partition coefficient (Wildman–Crippen LogP) is 0.716. The summed E-state index contributed by atoms with van der Waals surface area (Å²) in [6, 6.07) is 0. The molecular weight excluding hydrogens is 356 g/mol. The molecule has 9 nitrogen and oxygen atoms in total. The maximum Gasteiger partial charge on any atom is 0.339 e. The molecule has 144 valence electrons. The minimum atomic E-state index is -2.18. The van der Waals surface area contributed by atoms with Crippen LogP contribution in [0.25, 0.3) is 0 Å². The molecule has 0 spiro atoms. The molecule has 2 heterocycles. The molecule has 27 heavy (non-hydrogen) atoms. The predicted molar refractivity (Wildman–Crippen MR) is 92.3 cm³/mol. The first kappa shape index (κ1) is 20.0. The van der Waals surface area contributed by atoms with E-state index in [9.17, 15) is 24.3 Å². The fourth-order valence-electron chi connectivity index (χ4n) is 2.28. The van der Waals surface area contributed by atoms with Crippen molar-refractivity contribution in [1.82, 2.24) is 10.6 Å². The van der Waals surface area contributed by atoms with Gasteiger partial charge in [-0.2, -0.15) is 0 Å². The highest BCUT2D eigenvalue weighted by molar-refractivity contribution is 6.12. The van der Waals surface area contributed by atoms with Crippen LogP contribution in [0, 0.1) is 10.8 Å². The van der Waals surface area contributed by atoms with Crippen molar-refractivity contribution in [3.8, 4) is 0 Å². The molecule has 0 saturated carbocycles. The van der Waals surface area contributed by atoms with Crippen LogP contribution in [0.5, 0.6) is 0 Å². The Morgan fingerprint density at radius 3 is 1.59 bits per heavy atom. The molecule has 0 unspecified atom stereocenters. The Hall–Kier alpha value is -3.36. The molecule has 2 aliphatic heterocycles. The van der Waals surface area contributed by atoms with E-state index in [2.05, 4.69) is 10.6 Å². The quantitative estimate of drug-likeness (QED) is 0.479. The van der Waals surface area contributed by atoms with Crippen LogP contribution in [-0.4, -0.2) is 34.6 Å². The minimum Gasteiger partial charge on any atom is -0.480 e. The van der Waals surface area contributed by atoms with Gasteiger partial charge in [-0.05, 0) is 69.9 Å². The monoisotopic (exact) mass is 376 g/mol. The Morgan fingerprint density at radius 1 is 0.778 bits per heavy atom. The second-order valence-corrected chi connectivity index (χ2v) is 6.89. The summed E-state index contributed by atoms with van der Waals surface area (Å²) in [4.78, 5) is 49.5. The average molecular weight is 376 g/mol. The van der Waals surface area contributed by atoms with Crippen LogP contribution in [0.4, 0.5) is 0 Å². The van der Waals surface area contributed by atoms with Crippen LogP contribution >= 0.6 is 0 Å². The number of hydrogen-bond donors (Lipinski definition) is 3. The van der Waals surface area contributed by atoms with E-state index in [1.54, 1.807) is 20.8 Å². The Morgan fingerprint density at radius 2 is 1.19 bits per heavy atom. The molecule has 0 amide bonds. The Balaban J connectivity index is 2.33. The van der Waals surface area contributed by atoms with Gasteiger partial charge in [0.25, 0.3) is 0 Å². The lowest BCUT2D eigenvalue weighted by Gasteiger charge is -2.30. The fraction of sp³-hybridized carbons (Fsp3) is 0.333. The lowest BCUT2D eigenvalue weighted by molar-refractivity contribution is -0.178. The van der Waals surface area contributed by atoms with Crippen molar-refractivity contribution in [3.63, 3.8) is 0 Å². The molecule has 9 heteroatoms. The van der Waals surface area contributed by atoms with Gasteiger partial charge in [-0.1, -0.05) is 0 Å². The highest BCUT2D eigenvalue weighted by atomic mass is 16.6. The van der Waals surface area contributed by atoms with Crippen LogP contribution in [0.3, 0.4) is 0 Å². The maximum absolute atomic E-state index is 12.7. The van der Waals surface area contributed by atoms with E-state index in [0.717, 1.165) is 12.2 Å². The van der Waals surface area contributed by atoms with Crippen LogP contribution in [0.1, 0.15) is 20.8 Å². The number of esters is 3. The van der Waals surface area contributed by atoms with Crippen molar-refractivity contribution in [2.75, 3.05) is 0 Å². The van der Waals surface area contributed by atoms with Gasteiger partial charge >= 0.3 is 23.9 Å². The number of aliphatic carboxylic acids is 1. The van der Waals surface area contributed by atoms with Crippen LogP contribution in [0.2, 0.25) is 0 Å². The molecular formula is C18H20N2O7. The molecule has 2 aliphatic rings. The first-order valence-corrected chi connectivity index (χ1v) is 8.00. The number of ether oxygens (including phenoxy) is 2. The van der Waals surface area contributed by atoms with Crippen LogP contribution in [-0.2, 0) is 28.7 Å². The number of carbonyl (C=O) groups is 4. The summed E-state index contributed by atoms with van der Waals surface area (Å²) in [5.74, 6) is -5.10. The highest BCUT2D eigenvalue weighted by Crippen LogP contribution is 2.32. The third-order valence-corrected chi connectivity index (χ3v) is 3.72. The standard InChI is InChI=1S/C18H20N2O7/c1-16(2,3)27-15(25)18(6-10-20-11-7-18)14(24)26-13(23)17(12(21)22)4-8-19-9-5-17/h4-11,19-20H,1-3H3,(H,21,22). The van der Waals surface area contributed by atoms with E-state index in [4.69, 9.17) is 9.47 Å². The van der Waals surface area contributed by atoms with E-state index in [-0.39, 0.29) is 0 Å². The van der Waals surface area contributed by atoms with Gasteiger partial charge in [-0.3, -0.25) is 9.59 Å². The molecule has 0 aliphatic carbocycles. The van der Waals surface area contributed by atoms with Gasteiger partial charge in [0, 0.05) is 0 Å². The Kier molecular flexibility index (Phi) is 5.25. The molecule has 0 aromatic carbocycles. The van der Waals surface area contributed by atoms with Crippen molar-refractivity contribution < 1.29 is 33.8 Å². The summed E-state index contributed by atoms with van der Waals surface area (Å²) < 4.78 is 10.1. The SMILES string of the molecule is CC(C)(C)OC(=O)C1(C(=O)OC(=O)C2(C(=O)O)C=CNC=C2)C=CNC=C1. The first-order valence-electron chi connectivity index (χ1n) is 8.00. The summed E-state index contributed by atoms with van der Waals surface area (Å²) in [7, 11) is 0. The number of dihydropyridines is 2. The summed E-state index contributed by atoms with van der Waals surface area (Å²) in [5.41, 5.74) is -5.10. The molecule has 0 saturated heterocycles. The Bertz CT molecular complexity index is 760. The molecule has 3 N–H and O–H groups in total. The zero-order valence-corrected chi connectivity index (χ0v) is 15.0. The molecule has 0 aromatic heterocycles. The molecule has 0 atom stereocenters. The average Bonchev–Trinajstić information content (AvgIpc) is 2.61. The number of carboxylic acid groups (broad SMARTS) is 1. The number of rotatable bonds is 4. The van der Waals surface area contributed by atoms with E-state index >= 15 is 0 Å². The normalized spacial score (nSPS) is 18.8. The fourth-order valence-corrected chi connectivity index (χ4v) is 2.28. The van der Waals surface area contributed by atoms with Gasteiger partial charge in [-0.15, -0.1) is 0 Å². The third-order valence-electron chi connectivity index (χ3n) is 3.72. The molecule has 0 radical (unpaired) electrons. The topological polar surface area (TPSA) is 131 Å². The van der Waals surface area contributed by atoms with Crippen molar-refractivity contribution >= 4 is 23.9 Å².